The van der Waals surface area contributed by atoms with Crippen molar-refractivity contribution in [1.82, 2.24) is 5.32 Å². The van der Waals surface area contributed by atoms with Gasteiger partial charge >= 0.3 is 12.1 Å². The van der Waals surface area contributed by atoms with Gasteiger partial charge in [-0.3, -0.25) is 4.79 Å². The van der Waals surface area contributed by atoms with Gasteiger partial charge in [-0.05, 0) is 44.4 Å². The molecule has 1 amide bonds. The topological polar surface area (TPSA) is 83.1 Å². The Morgan fingerprint density at radius 1 is 0.972 bits per heavy atom. The molecule has 0 unspecified atom stereocenters. The first-order valence-electron chi connectivity index (χ1n) is 12.3. The molecule has 194 valence electrons. The molecule has 0 heterocycles. The summed E-state index contributed by atoms with van der Waals surface area (Å²) in [5.41, 5.74) is 1.38. The highest BCUT2D eigenvalue weighted by molar-refractivity contribution is 5.68. The van der Waals surface area contributed by atoms with Gasteiger partial charge < -0.3 is 24.3 Å². The van der Waals surface area contributed by atoms with Crippen molar-refractivity contribution in [1.29, 1.82) is 0 Å². The van der Waals surface area contributed by atoms with Gasteiger partial charge in [0.05, 0.1) is 25.9 Å². The molecule has 0 spiro atoms. The quantitative estimate of drug-likeness (QED) is 0.341. The van der Waals surface area contributed by atoms with Crippen molar-refractivity contribution in [2.45, 2.75) is 71.2 Å². The third-order valence-corrected chi connectivity index (χ3v) is 5.70. The molecule has 0 saturated heterocycles. The molecule has 2 aromatic rings. The summed E-state index contributed by atoms with van der Waals surface area (Å²) in [5, 5.41) is 3.01. The van der Waals surface area contributed by atoms with Crippen LogP contribution in [0.5, 0.6) is 0 Å². The van der Waals surface area contributed by atoms with Gasteiger partial charge in [-0.1, -0.05) is 66.7 Å². The number of ether oxygens (including phenoxy) is 4. The molecule has 0 saturated carbocycles. The highest BCUT2D eigenvalue weighted by atomic mass is 16.6. The molecule has 1 aliphatic rings. The van der Waals surface area contributed by atoms with E-state index in [4.69, 9.17) is 18.9 Å². The largest absolute Gasteiger partial charge is 0.458 e. The van der Waals surface area contributed by atoms with E-state index < -0.39 is 29.9 Å². The number of hydrogen-bond donors (Lipinski definition) is 1. The number of nitrogens with one attached hydrogen (secondary N) is 1. The van der Waals surface area contributed by atoms with Gasteiger partial charge in [0.25, 0.3) is 0 Å². The molecule has 36 heavy (non-hydrogen) atoms. The van der Waals surface area contributed by atoms with Crippen LogP contribution in [0, 0.1) is 5.92 Å². The fourth-order valence-corrected chi connectivity index (χ4v) is 4.14. The average Bonchev–Trinajstić information content (AvgIpc) is 3.27. The SMILES string of the molecule is CC(=O)O[C@H]1C=CC[C@H]1[C@H](NC(=O)OC(C)(C)C)[C@@H](COCc1ccccc1)OCc1ccccc1. The minimum atomic E-state index is -0.665. The Labute approximate surface area is 213 Å². The predicted octanol–water partition coefficient (Wildman–Crippen LogP) is 5.19. The number of rotatable bonds is 11. The molecule has 0 aliphatic heterocycles. The van der Waals surface area contributed by atoms with Crippen LogP contribution in [-0.4, -0.2) is 42.5 Å². The lowest BCUT2D eigenvalue weighted by atomic mass is 9.90. The molecule has 2 aromatic carbocycles. The number of alkyl carbamates (subject to hydrolysis) is 1. The van der Waals surface area contributed by atoms with Crippen LogP contribution in [0.3, 0.4) is 0 Å². The molecule has 0 bridgehead atoms. The summed E-state index contributed by atoms with van der Waals surface area (Å²) >= 11 is 0. The smallest absolute Gasteiger partial charge is 0.407 e. The highest BCUT2D eigenvalue weighted by Gasteiger charge is 2.40. The summed E-state index contributed by atoms with van der Waals surface area (Å²) in [5.74, 6) is -0.614. The second-order valence-electron chi connectivity index (χ2n) is 9.91. The van der Waals surface area contributed by atoms with Crippen molar-refractivity contribution in [3.05, 3.63) is 83.9 Å². The summed E-state index contributed by atoms with van der Waals surface area (Å²) in [6.07, 6.45) is 2.86. The monoisotopic (exact) mass is 495 g/mol. The van der Waals surface area contributed by atoms with Gasteiger partial charge in [0.1, 0.15) is 17.8 Å². The molecular formula is C29H37NO6. The van der Waals surface area contributed by atoms with Crippen molar-refractivity contribution in [3.63, 3.8) is 0 Å². The maximum Gasteiger partial charge on any atom is 0.407 e. The van der Waals surface area contributed by atoms with E-state index in [1.165, 1.54) is 6.92 Å². The number of allylic oxidation sites excluding steroid dienone is 1. The normalized spacial score (nSPS) is 18.9. The standard InChI is InChI=1S/C29H37NO6/c1-21(31)35-25-17-11-16-24(25)27(30-28(32)36-29(2,3)4)26(34-19-23-14-9-6-10-15-23)20-33-18-22-12-7-5-8-13-22/h5-15,17,24-27H,16,18-20H2,1-4H3,(H,30,32)/t24-,25+,26-,27+/m1/s1. The zero-order valence-corrected chi connectivity index (χ0v) is 21.5. The van der Waals surface area contributed by atoms with Crippen molar-refractivity contribution < 1.29 is 28.5 Å². The van der Waals surface area contributed by atoms with E-state index in [9.17, 15) is 9.59 Å². The summed E-state index contributed by atoms with van der Waals surface area (Å²) in [4.78, 5) is 24.6. The van der Waals surface area contributed by atoms with Crippen LogP contribution in [0.1, 0.15) is 45.2 Å². The summed E-state index contributed by atoms with van der Waals surface area (Å²) in [7, 11) is 0. The minimum Gasteiger partial charge on any atom is -0.458 e. The second kappa shape index (κ2) is 13.2. The summed E-state index contributed by atoms with van der Waals surface area (Å²) in [6, 6.07) is 19.2. The van der Waals surface area contributed by atoms with Crippen LogP contribution < -0.4 is 5.32 Å². The zero-order valence-electron chi connectivity index (χ0n) is 21.5. The van der Waals surface area contributed by atoms with Gasteiger partial charge in [0, 0.05) is 12.8 Å². The molecule has 0 aromatic heterocycles. The molecule has 1 N–H and O–H groups in total. The lowest BCUT2D eigenvalue weighted by Gasteiger charge is -2.35. The van der Waals surface area contributed by atoms with E-state index in [2.05, 4.69) is 5.32 Å². The zero-order chi connectivity index (χ0) is 26.0. The third-order valence-electron chi connectivity index (χ3n) is 5.70. The first-order valence-corrected chi connectivity index (χ1v) is 12.3. The Morgan fingerprint density at radius 3 is 2.17 bits per heavy atom. The highest BCUT2D eigenvalue weighted by Crippen LogP contribution is 2.29. The Kier molecular flexibility index (Phi) is 10.1. The van der Waals surface area contributed by atoms with Crippen LogP contribution in [0.15, 0.2) is 72.8 Å². The molecule has 0 radical (unpaired) electrons. The molecule has 4 atom stereocenters. The lowest BCUT2D eigenvalue weighted by molar-refractivity contribution is -0.147. The number of amides is 1. The van der Waals surface area contributed by atoms with E-state index in [0.717, 1.165) is 11.1 Å². The molecule has 7 nitrogen and oxygen atoms in total. The van der Waals surface area contributed by atoms with Crippen molar-refractivity contribution in [2.24, 2.45) is 5.92 Å². The molecule has 7 heteroatoms. The average molecular weight is 496 g/mol. The number of carbonyl (C=O) groups excluding carboxylic acids is 2. The van der Waals surface area contributed by atoms with E-state index >= 15 is 0 Å². The second-order valence-corrected chi connectivity index (χ2v) is 9.91. The Balaban J connectivity index is 1.81. The fraction of sp³-hybridized carbons (Fsp3) is 0.448. The van der Waals surface area contributed by atoms with Crippen LogP contribution >= 0.6 is 0 Å². The Bertz CT molecular complexity index is 986. The lowest BCUT2D eigenvalue weighted by Crippen LogP contribution is -2.54. The first-order chi connectivity index (χ1) is 17.2. The summed E-state index contributed by atoms with van der Waals surface area (Å²) in [6.45, 7) is 7.79. The van der Waals surface area contributed by atoms with Crippen molar-refractivity contribution in [3.8, 4) is 0 Å². The van der Waals surface area contributed by atoms with Crippen LogP contribution in [-0.2, 0) is 37.0 Å². The van der Waals surface area contributed by atoms with E-state index in [0.29, 0.717) is 19.6 Å². The minimum absolute atomic E-state index is 0.228. The van der Waals surface area contributed by atoms with Crippen LogP contribution in [0.4, 0.5) is 4.79 Å². The van der Waals surface area contributed by atoms with Crippen molar-refractivity contribution >= 4 is 12.1 Å². The van der Waals surface area contributed by atoms with Crippen LogP contribution in [0.2, 0.25) is 0 Å². The predicted molar refractivity (Wildman–Crippen MR) is 137 cm³/mol. The van der Waals surface area contributed by atoms with E-state index in [1.54, 1.807) is 0 Å². The molecular weight excluding hydrogens is 458 g/mol. The first kappa shape index (κ1) is 27.4. The number of hydrogen-bond acceptors (Lipinski definition) is 6. The maximum atomic E-state index is 12.9. The van der Waals surface area contributed by atoms with E-state index in [-0.39, 0.29) is 18.5 Å². The number of esters is 1. The Morgan fingerprint density at radius 2 is 1.58 bits per heavy atom. The van der Waals surface area contributed by atoms with Gasteiger partial charge in [-0.15, -0.1) is 0 Å². The van der Waals surface area contributed by atoms with Gasteiger partial charge in [-0.25, -0.2) is 4.79 Å². The van der Waals surface area contributed by atoms with Gasteiger partial charge in [-0.2, -0.15) is 0 Å². The summed E-state index contributed by atoms with van der Waals surface area (Å²) < 4.78 is 23.5. The van der Waals surface area contributed by atoms with Crippen LogP contribution in [0.25, 0.3) is 0 Å². The van der Waals surface area contributed by atoms with Gasteiger partial charge in [0.2, 0.25) is 0 Å². The molecule has 1 aliphatic carbocycles. The van der Waals surface area contributed by atoms with Gasteiger partial charge in [0.15, 0.2) is 0 Å². The molecule has 0 fully saturated rings. The number of benzene rings is 2. The Hall–Kier alpha value is -3.16. The third kappa shape index (κ3) is 9.13. The van der Waals surface area contributed by atoms with Crippen molar-refractivity contribution in [2.75, 3.05) is 6.61 Å². The maximum absolute atomic E-state index is 12.9. The fourth-order valence-electron chi connectivity index (χ4n) is 4.14. The molecule has 3 rings (SSSR count). The van der Waals surface area contributed by atoms with E-state index in [1.807, 2.05) is 93.6 Å². The number of carbonyl (C=O) groups is 2.